The number of nitrogens with zero attached hydrogens (tertiary/aromatic N) is 3. The van der Waals surface area contributed by atoms with Gasteiger partial charge >= 0.3 is 0 Å². The Labute approximate surface area is 406 Å². The second-order valence-corrected chi connectivity index (χ2v) is 17.8. The van der Waals surface area contributed by atoms with E-state index in [9.17, 15) is 97.0 Å². The zero-order valence-electron chi connectivity index (χ0n) is 37.7. The zero-order chi connectivity index (χ0) is 52.9. The van der Waals surface area contributed by atoms with Crippen LogP contribution in [0.4, 0.5) is 0 Å². The largest absolute Gasteiger partial charge is 0.394 e. The van der Waals surface area contributed by atoms with Crippen molar-refractivity contribution in [1.82, 2.24) is 0 Å². The van der Waals surface area contributed by atoms with E-state index in [2.05, 4.69) is 10.0 Å². The van der Waals surface area contributed by atoms with Crippen LogP contribution in [0.5, 0.6) is 0 Å². The number of aliphatic hydroxyl groups excluding tert-OH is 19. The minimum absolute atomic E-state index is 0.168. The van der Waals surface area contributed by atoms with Gasteiger partial charge in [-0.05, 0) is 5.53 Å². The van der Waals surface area contributed by atoms with Crippen molar-refractivity contribution >= 4 is 0 Å². The second kappa shape index (κ2) is 26.4. The third-order valence-corrected chi connectivity index (χ3v) is 12.9. The van der Waals surface area contributed by atoms with Crippen LogP contribution in [0, 0.1) is 0 Å². The molecule has 19 N–H and O–H groups in total. The first kappa shape index (κ1) is 59.3. The van der Waals surface area contributed by atoms with E-state index in [0.29, 0.717) is 0 Å². The lowest BCUT2D eigenvalue weighted by Gasteiger charge is -2.45. The lowest BCUT2D eigenvalue weighted by atomic mass is 9.97. The minimum atomic E-state index is -2.02. The summed E-state index contributed by atoms with van der Waals surface area (Å²) in [6.45, 7) is -4.95. The topological polar surface area (TPSA) is 544 Å². The van der Waals surface area contributed by atoms with Gasteiger partial charge in [0.2, 0.25) is 0 Å². The van der Waals surface area contributed by atoms with Crippen LogP contribution in [0.2, 0.25) is 0 Å². The maximum Gasteiger partial charge on any atom is 0.186 e. The predicted molar refractivity (Wildman–Crippen MR) is 217 cm³/mol. The van der Waals surface area contributed by atoms with E-state index in [4.69, 9.17) is 62.4 Å². The molecule has 0 spiro atoms. The van der Waals surface area contributed by atoms with Gasteiger partial charge in [-0.15, -0.1) is 0 Å². The Hall–Kier alpha value is -1.93. The van der Waals surface area contributed by atoms with E-state index in [1.807, 2.05) is 0 Å². The summed E-state index contributed by atoms with van der Waals surface area (Å²) in [7, 11) is 0. The first-order valence-corrected chi connectivity index (χ1v) is 22.6. The summed E-state index contributed by atoms with van der Waals surface area (Å²) in [5.41, 5.74) is 8.44. The molecule has 0 aliphatic carbocycles. The Kier molecular flexibility index (Phi) is 21.8. The van der Waals surface area contributed by atoms with Crippen LogP contribution in [0.25, 0.3) is 10.4 Å². The van der Waals surface area contributed by atoms with E-state index in [1.54, 1.807) is 0 Å². The van der Waals surface area contributed by atoms with Crippen LogP contribution < -0.4 is 0 Å². The Balaban J connectivity index is 1.01. The first-order chi connectivity index (χ1) is 34.1. The number of azide groups is 1. The minimum Gasteiger partial charge on any atom is -0.394 e. The van der Waals surface area contributed by atoms with Crippen molar-refractivity contribution in [1.29, 1.82) is 0 Å². The normalized spacial score (nSPS) is 50.3. The van der Waals surface area contributed by atoms with Crippen molar-refractivity contribution in [2.75, 3.05) is 52.8 Å². The van der Waals surface area contributed by atoms with Crippen LogP contribution >= 0.6 is 0 Å². The highest BCUT2D eigenvalue weighted by atomic mass is 16.8. The van der Waals surface area contributed by atoms with Crippen molar-refractivity contribution in [2.45, 2.75) is 184 Å². The first-order valence-electron chi connectivity index (χ1n) is 22.6. The molecule has 6 fully saturated rings. The van der Waals surface area contributed by atoms with Gasteiger partial charge in [0.05, 0.1) is 46.2 Å². The van der Waals surface area contributed by atoms with Gasteiger partial charge in [-0.1, -0.05) is 5.11 Å². The number of aliphatic hydroxyl groups is 19. The molecule has 34 nitrogen and oxygen atoms in total. The number of hydrogen-bond donors (Lipinski definition) is 19. The van der Waals surface area contributed by atoms with E-state index in [-0.39, 0.29) is 13.2 Å². The zero-order valence-corrected chi connectivity index (χ0v) is 37.7. The Morgan fingerprint density at radius 3 is 0.736 bits per heavy atom. The fraction of sp³-hybridized carbons (Fsp3) is 1.00. The third kappa shape index (κ3) is 13.4. The molecule has 0 radical (unpaired) electrons. The Morgan fingerprint density at radius 2 is 0.514 bits per heavy atom. The molecule has 6 aliphatic heterocycles. The monoisotopic (exact) mass is 1060 g/mol. The molecule has 0 aromatic heterocycles. The summed E-state index contributed by atoms with van der Waals surface area (Å²) in [5, 5.41) is 202. The van der Waals surface area contributed by atoms with Crippen LogP contribution in [0.15, 0.2) is 5.11 Å². The lowest BCUT2D eigenvalue weighted by Crippen LogP contribution is -2.63. The number of ether oxygens (including phenoxy) is 12. The molecule has 6 rings (SSSR count). The van der Waals surface area contributed by atoms with Crippen molar-refractivity contribution < 1.29 is 154 Å². The van der Waals surface area contributed by atoms with Gasteiger partial charge in [0, 0.05) is 11.5 Å². The van der Waals surface area contributed by atoms with E-state index in [0.717, 1.165) is 0 Å². The van der Waals surface area contributed by atoms with Gasteiger partial charge in [-0.3, -0.25) is 0 Å². The smallest absolute Gasteiger partial charge is 0.186 e. The molecule has 0 aromatic rings. The lowest BCUT2D eigenvalue weighted by molar-refractivity contribution is -0.352. The third-order valence-electron chi connectivity index (χ3n) is 12.9. The van der Waals surface area contributed by atoms with E-state index < -0.39 is 224 Å². The van der Waals surface area contributed by atoms with Crippen molar-refractivity contribution in [3.05, 3.63) is 10.4 Å². The molecule has 30 atom stereocenters. The molecule has 6 heterocycles. The molecule has 15 unspecified atom stereocenters. The van der Waals surface area contributed by atoms with E-state index >= 15 is 0 Å². The van der Waals surface area contributed by atoms with Crippen LogP contribution in [0.1, 0.15) is 0 Å². The summed E-state index contributed by atoms with van der Waals surface area (Å²) in [6, 6.07) is 0. The number of rotatable bonds is 20. The van der Waals surface area contributed by atoms with Gasteiger partial charge in [0.15, 0.2) is 37.7 Å². The summed E-state index contributed by atoms with van der Waals surface area (Å²) in [4.78, 5) is 2.55. The highest BCUT2D eigenvalue weighted by molar-refractivity contribution is 4.96. The van der Waals surface area contributed by atoms with E-state index in [1.165, 1.54) is 0 Å². The predicted octanol–water partition coefficient (Wildman–Crippen LogP) is -12.8. The fourth-order valence-electron chi connectivity index (χ4n) is 8.37. The highest BCUT2D eigenvalue weighted by Crippen LogP contribution is 2.31. The standard InChI is InChI=1S/C38H65N3O31/c39-41-40-1-2-61-33-27(55)22(50)16(44)10(68-33)4-63-35-29(57)24(52)18(46)12(70-35)6-65-37-31(59)26(54)20(48)14(72-37)8-66-38-32(60)25(53)19(47)13(71-38)7-64-36-30(58)23(51)17(45)11(69-36)5-62-34-28(56)21(49)15(43)9(3-42)67-34/h9-38,42-60H,1-8H2/t9-,10?,11?,12-,13-,14?,15?,16-,17-,18?,19?,20-,21+,22?,23?,24+,25+,26?,27-,28?,29?,30-,31-,32?,33?,34-,35-,36?,37?,38-/m1/s1. The fourth-order valence-corrected chi connectivity index (χ4v) is 8.37. The van der Waals surface area contributed by atoms with Crippen molar-refractivity contribution in [3.63, 3.8) is 0 Å². The van der Waals surface area contributed by atoms with Crippen molar-refractivity contribution in [2.24, 2.45) is 5.11 Å². The molecule has 72 heavy (non-hydrogen) atoms. The maximum atomic E-state index is 10.8. The van der Waals surface area contributed by atoms with Gasteiger partial charge in [0.25, 0.3) is 0 Å². The Bertz CT molecular complexity index is 1700. The summed E-state index contributed by atoms with van der Waals surface area (Å²) >= 11 is 0. The van der Waals surface area contributed by atoms with Gasteiger partial charge in [-0.25, -0.2) is 0 Å². The molecular formula is C38H65N3O31. The molecule has 418 valence electrons. The Morgan fingerprint density at radius 1 is 0.306 bits per heavy atom. The maximum absolute atomic E-state index is 10.8. The molecule has 0 aromatic carbocycles. The average Bonchev–Trinajstić information content (AvgIpc) is 3.37. The average molecular weight is 1060 g/mol. The summed E-state index contributed by atoms with van der Waals surface area (Å²) < 4.78 is 65.8. The molecule has 0 bridgehead atoms. The molecular weight excluding hydrogens is 994 g/mol. The quantitative estimate of drug-likeness (QED) is 0.0233. The summed E-state index contributed by atoms with van der Waals surface area (Å²) in [6.07, 6.45) is -53.9. The molecule has 0 saturated carbocycles. The molecule has 6 aliphatic rings. The van der Waals surface area contributed by atoms with Crippen LogP contribution in [0.3, 0.4) is 0 Å². The van der Waals surface area contributed by atoms with Gasteiger partial charge in [0.1, 0.15) is 146 Å². The van der Waals surface area contributed by atoms with Crippen LogP contribution in [-0.2, 0) is 56.8 Å². The number of hydrogen-bond acceptors (Lipinski definition) is 32. The molecule has 6 saturated heterocycles. The van der Waals surface area contributed by atoms with Crippen molar-refractivity contribution in [3.8, 4) is 0 Å². The highest BCUT2D eigenvalue weighted by Gasteiger charge is 2.52. The molecule has 34 heteroatoms. The second-order valence-electron chi connectivity index (χ2n) is 17.8. The van der Waals surface area contributed by atoms with Crippen LogP contribution in [-0.4, -0.2) is 334 Å². The molecule has 0 amide bonds. The summed E-state index contributed by atoms with van der Waals surface area (Å²) in [5.74, 6) is 0. The van der Waals surface area contributed by atoms with Gasteiger partial charge < -0.3 is 154 Å². The van der Waals surface area contributed by atoms with Gasteiger partial charge in [-0.2, -0.15) is 0 Å². The SMILES string of the molecule is [N-]=[N+]=NCCOC1OC(CO[C@@H]2O[C@H](COC3OC(CO[C@@H]4O[C@H](COC5OC(CO[C@@H]6O[C@H](CO)C(O)[C@H](O)C6O)[C@@H](O)C(O)[C@H]5O)C(O)[C@H](O)C4O)[C@@H](O)C(O)[C@H]3O)C(O)[C@H](O)C2O)[C@@H](O)C(O)[C@H]1O.